The zero-order valence-electron chi connectivity index (χ0n) is 28.0. The molecule has 49 heavy (non-hydrogen) atoms. The van der Waals surface area contributed by atoms with Crippen LogP contribution in [0.15, 0.2) is 59.7 Å². The zero-order valence-corrected chi connectivity index (χ0v) is 28.0. The van der Waals surface area contributed by atoms with E-state index in [-0.39, 0.29) is 24.8 Å². The molecule has 3 aliphatic rings. The summed E-state index contributed by atoms with van der Waals surface area (Å²) in [5, 5.41) is 8.89. The molecule has 256 valence electrons. The Morgan fingerprint density at radius 2 is 1.78 bits per heavy atom. The first-order valence-electron chi connectivity index (χ1n) is 17.6. The molecule has 2 atom stereocenters. The van der Waals surface area contributed by atoms with Crippen molar-refractivity contribution < 1.29 is 14.3 Å². The van der Waals surface area contributed by atoms with E-state index in [0.29, 0.717) is 31.2 Å². The van der Waals surface area contributed by atoms with Crippen LogP contribution in [0.5, 0.6) is 0 Å². The van der Waals surface area contributed by atoms with Gasteiger partial charge in [0.05, 0.1) is 34.5 Å². The van der Waals surface area contributed by atoms with Gasteiger partial charge in [-0.3, -0.25) is 24.4 Å². The van der Waals surface area contributed by atoms with Crippen molar-refractivity contribution >= 4 is 45.2 Å². The first-order valence-corrected chi connectivity index (χ1v) is 17.6. The number of likely N-dealkylation sites (tertiary alicyclic amines) is 3. The van der Waals surface area contributed by atoms with Crippen molar-refractivity contribution in [2.75, 3.05) is 39.8 Å². The second kappa shape index (κ2) is 13.1. The Morgan fingerprint density at radius 1 is 1.00 bits per heavy atom. The van der Waals surface area contributed by atoms with Crippen molar-refractivity contribution in [2.24, 2.45) is 11.8 Å². The number of carbonyl (C=O) groups excluding carboxylic acids is 2. The van der Waals surface area contributed by atoms with Crippen LogP contribution in [0.3, 0.4) is 0 Å². The second-order valence-corrected chi connectivity index (χ2v) is 14.3. The lowest BCUT2D eigenvalue weighted by Crippen LogP contribution is -2.67. The van der Waals surface area contributed by atoms with E-state index >= 15 is 0 Å². The lowest BCUT2D eigenvalue weighted by molar-refractivity contribution is -0.127. The van der Waals surface area contributed by atoms with Gasteiger partial charge in [0, 0.05) is 49.3 Å². The Balaban J connectivity index is 1.10. The second-order valence-electron chi connectivity index (χ2n) is 14.3. The Labute approximate surface area is 284 Å². The smallest absolute Gasteiger partial charge is 0.411 e. The van der Waals surface area contributed by atoms with Gasteiger partial charge in [-0.25, -0.2) is 9.59 Å². The highest BCUT2D eigenvalue weighted by molar-refractivity contribution is 6.01. The third-order valence-corrected chi connectivity index (χ3v) is 11.6. The highest BCUT2D eigenvalue weighted by Gasteiger charge is 2.51. The minimum atomic E-state index is -0.929. The first kappa shape index (κ1) is 31.7. The molecule has 0 unspecified atom stereocenters. The lowest BCUT2D eigenvalue weighted by atomic mass is 9.77. The highest BCUT2D eigenvalue weighted by Crippen LogP contribution is 2.43. The van der Waals surface area contributed by atoms with Gasteiger partial charge in [0.15, 0.2) is 0 Å². The molecule has 0 aliphatic carbocycles. The molecule has 5 aromatic rings. The molecule has 12 nitrogen and oxygen atoms in total. The van der Waals surface area contributed by atoms with Gasteiger partial charge in [0.25, 0.3) is 0 Å². The fourth-order valence-electron chi connectivity index (χ4n) is 8.99. The minimum absolute atomic E-state index is 0.107. The van der Waals surface area contributed by atoms with E-state index in [1.54, 1.807) is 17.3 Å². The van der Waals surface area contributed by atoms with Crippen LogP contribution in [0.4, 0.5) is 4.79 Å². The highest BCUT2D eigenvalue weighted by atomic mass is 16.6. The van der Waals surface area contributed by atoms with Gasteiger partial charge in [-0.1, -0.05) is 24.3 Å². The Kier molecular flexibility index (Phi) is 8.44. The van der Waals surface area contributed by atoms with Gasteiger partial charge in [-0.2, -0.15) is 5.10 Å². The third kappa shape index (κ3) is 5.80. The number of nitrogens with one attached hydrogen (secondary N) is 2. The normalized spacial score (nSPS) is 23.4. The number of para-hydroxylation sites is 1. The molecule has 2 aromatic carbocycles. The van der Waals surface area contributed by atoms with Crippen molar-refractivity contribution in [1.29, 1.82) is 0 Å². The van der Waals surface area contributed by atoms with Crippen molar-refractivity contribution in [3.63, 3.8) is 0 Å². The number of imidazole rings is 1. The third-order valence-electron chi connectivity index (χ3n) is 11.6. The standard InChI is InChI=1S/C37H44N8O4/c1-42-14-8-26(9-15-42)27-10-16-43(17-11-27)37(13-19-46)21-29(45-33-23-38-32-5-3-2-4-30(32)34(33)40-35(45)47)12-18-44(37)36(48)49-24-25-6-7-31-28(20-25)22-39-41-31/h2-7,19-20,22-23,26-27,29H,8-18,21,24H2,1H3,(H,39,41)(H,40,47)/t29-,37+/m1/s1. The molecule has 6 heterocycles. The van der Waals surface area contributed by atoms with Crippen molar-refractivity contribution in [2.45, 2.75) is 63.3 Å². The maximum atomic E-state index is 14.1. The summed E-state index contributed by atoms with van der Waals surface area (Å²) in [6.45, 7) is 4.31. The number of fused-ring (bicyclic) bond motifs is 4. The number of piperidine rings is 3. The van der Waals surface area contributed by atoms with Gasteiger partial charge < -0.3 is 19.4 Å². The molecule has 0 spiro atoms. The molecule has 3 aliphatic heterocycles. The summed E-state index contributed by atoms with van der Waals surface area (Å²) in [5.41, 5.74) is 2.96. The van der Waals surface area contributed by atoms with Crippen LogP contribution in [0.25, 0.3) is 32.8 Å². The summed E-state index contributed by atoms with van der Waals surface area (Å²) in [6, 6.07) is 13.4. The van der Waals surface area contributed by atoms with Crippen LogP contribution >= 0.6 is 0 Å². The fourth-order valence-corrected chi connectivity index (χ4v) is 8.99. The van der Waals surface area contributed by atoms with Crippen LogP contribution in [-0.2, 0) is 16.1 Å². The number of H-pyrrole nitrogens is 2. The number of aromatic nitrogens is 5. The van der Waals surface area contributed by atoms with Crippen LogP contribution in [0.1, 0.15) is 56.6 Å². The Morgan fingerprint density at radius 3 is 2.57 bits per heavy atom. The summed E-state index contributed by atoms with van der Waals surface area (Å²) < 4.78 is 7.81. The molecule has 12 heteroatoms. The number of aldehydes is 1. The summed E-state index contributed by atoms with van der Waals surface area (Å²) >= 11 is 0. The minimum Gasteiger partial charge on any atom is -0.445 e. The average molecular weight is 665 g/mol. The Bertz CT molecular complexity index is 2040. The summed E-state index contributed by atoms with van der Waals surface area (Å²) in [4.78, 5) is 54.8. The fraction of sp³-hybridized carbons (Fsp3) is 0.486. The van der Waals surface area contributed by atoms with Gasteiger partial charge in [-0.05, 0) is 87.8 Å². The molecule has 1 amide bonds. The first-order chi connectivity index (χ1) is 23.9. The van der Waals surface area contributed by atoms with E-state index in [1.165, 1.54) is 12.8 Å². The van der Waals surface area contributed by atoms with Crippen molar-refractivity contribution in [1.82, 2.24) is 39.4 Å². The molecular formula is C37H44N8O4. The van der Waals surface area contributed by atoms with Crippen LogP contribution in [-0.4, -0.2) is 97.2 Å². The largest absolute Gasteiger partial charge is 0.445 e. The maximum Gasteiger partial charge on any atom is 0.411 e. The number of ether oxygens (including phenoxy) is 1. The van der Waals surface area contributed by atoms with Crippen LogP contribution < -0.4 is 5.69 Å². The van der Waals surface area contributed by atoms with E-state index in [0.717, 1.165) is 83.7 Å². The number of rotatable bonds is 7. The molecule has 0 saturated carbocycles. The summed E-state index contributed by atoms with van der Waals surface area (Å²) in [7, 11) is 2.20. The average Bonchev–Trinajstić information content (AvgIpc) is 3.74. The van der Waals surface area contributed by atoms with Crippen molar-refractivity contribution in [3.05, 3.63) is 70.9 Å². The molecule has 0 bridgehead atoms. The monoisotopic (exact) mass is 664 g/mol. The van der Waals surface area contributed by atoms with Gasteiger partial charge >= 0.3 is 11.8 Å². The van der Waals surface area contributed by atoms with E-state index in [2.05, 4.69) is 37.0 Å². The van der Waals surface area contributed by atoms with E-state index < -0.39 is 11.8 Å². The lowest BCUT2D eigenvalue weighted by Gasteiger charge is -2.56. The molecule has 8 rings (SSSR count). The number of aromatic amines is 2. The van der Waals surface area contributed by atoms with Gasteiger partial charge in [-0.15, -0.1) is 0 Å². The number of nitrogens with zero attached hydrogens (tertiary/aromatic N) is 6. The number of hydrogen-bond acceptors (Lipinski definition) is 8. The molecule has 2 N–H and O–H groups in total. The number of amides is 1. The number of carbonyl (C=O) groups is 2. The van der Waals surface area contributed by atoms with Crippen LogP contribution in [0, 0.1) is 11.8 Å². The van der Waals surface area contributed by atoms with Crippen molar-refractivity contribution in [3.8, 4) is 0 Å². The zero-order chi connectivity index (χ0) is 33.5. The summed E-state index contributed by atoms with van der Waals surface area (Å²) in [6.07, 6.45) is 9.61. The van der Waals surface area contributed by atoms with E-state index in [1.807, 2.05) is 47.0 Å². The SMILES string of the molecule is CN1CCC(C2CCN([C@]3(CC=O)C[C@H](n4c(=O)[nH]c5c6ccccc6ncc54)CCN3C(=O)OCc3ccc4[nH]ncc4c3)CC2)CC1. The summed E-state index contributed by atoms with van der Waals surface area (Å²) in [5.74, 6) is 1.34. The Hall–Kier alpha value is -4.55. The molecule has 3 saturated heterocycles. The van der Waals surface area contributed by atoms with E-state index in [9.17, 15) is 14.4 Å². The van der Waals surface area contributed by atoms with Gasteiger partial charge in [0.2, 0.25) is 0 Å². The molecular weight excluding hydrogens is 620 g/mol. The molecule has 3 aromatic heterocycles. The number of benzene rings is 2. The predicted molar refractivity (Wildman–Crippen MR) is 187 cm³/mol. The van der Waals surface area contributed by atoms with Gasteiger partial charge in [0.1, 0.15) is 18.6 Å². The maximum absolute atomic E-state index is 14.1. The number of hydrogen-bond donors (Lipinski definition) is 2. The molecule has 0 radical (unpaired) electrons. The quantitative estimate of drug-likeness (QED) is 0.231. The number of pyridine rings is 1. The molecule has 3 fully saturated rings. The van der Waals surface area contributed by atoms with E-state index in [4.69, 9.17) is 4.74 Å². The topological polar surface area (TPSA) is 132 Å². The van der Waals surface area contributed by atoms with Crippen LogP contribution in [0.2, 0.25) is 0 Å². The predicted octanol–water partition coefficient (Wildman–Crippen LogP) is 5.07.